The molecule has 33 heavy (non-hydrogen) atoms. The first-order chi connectivity index (χ1) is 15.7. The van der Waals surface area contributed by atoms with Gasteiger partial charge in [0, 0.05) is 11.5 Å². The van der Waals surface area contributed by atoms with Crippen molar-refractivity contribution in [3.05, 3.63) is 80.6 Å². The van der Waals surface area contributed by atoms with Crippen molar-refractivity contribution >= 4 is 44.8 Å². The van der Waals surface area contributed by atoms with E-state index in [0.717, 1.165) is 16.7 Å². The van der Waals surface area contributed by atoms with E-state index < -0.39 is 23.4 Å². The SMILES string of the molecule is Cc1c(NC(=O)COC(=O)c2cc3c(C)nn(-c4ccc(F)cc4)c3s2)cccc1[N+](=O)[O-]. The number of aromatic nitrogens is 2. The molecule has 0 aliphatic carbocycles. The van der Waals surface area contributed by atoms with Gasteiger partial charge in [0.05, 0.1) is 27.6 Å². The summed E-state index contributed by atoms with van der Waals surface area (Å²) in [7, 11) is 0. The van der Waals surface area contributed by atoms with Crippen LogP contribution in [-0.2, 0) is 9.53 Å². The molecule has 168 valence electrons. The van der Waals surface area contributed by atoms with Crippen LogP contribution in [0.1, 0.15) is 20.9 Å². The Hall–Kier alpha value is -4.12. The largest absolute Gasteiger partial charge is 0.451 e. The van der Waals surface area contributed by atoms with E-state index >= 15 is 0 Å². The van der Waals surface area contributed by atoms with Crippen LogP contribution in [0.25, 0.3) is 15.9 Å². The number of carbonyl (C=O) groups is 2. The zero-order valence-corrected chi connectivity index (χ0v) is 18.3. The molecule has 0 saturated carbocycles. The standard InChI is InChI=1S/C22H17FN4O5S/c1-12-17(4-3-5-18(12)27(30)31)24-20(28)11-32-22(29)19-10-16-13(2)25-26(21(16)33-19)15-8-6-14(23)7-9-15/h3-10H,11H2,1-2H3,(H,24,28). The molecule has 9 nitrogen and oxygen atoms in total. The molecular weight excluding hydrogens is 451 g/mol. The molecule has 0 radical (unpaired) electrons. The van der Waals surface area contributed by atoms with Crippen molar-refractivity contribution in [2.24, 2.45) is 0 Å². The Morgan fingerprint density at radius 2 is 1.94 bits per heavy atom. The van der Waals surface area contributed by atoms with Crippen LogP contribution < -0.4 is 5.32 Å². The van der Waals surface area contributed by atoms with Crippen LogP contribution in [0, 0.1) is 29.8 Å². The fraction of sp³-hybridized carbons (Fsp3) is 0.136. The van der Waals surface area contributed by atoms with Crippen LogP contribution in [0.2, 0.25) is 0 Å². The number of anilines is 1. The van der Waals surface area contributed by atoms with E-state index in [9.17, 15) is 24.1 Å². The highest BCUT2D eigenvalue weighted by Crippen LogP contribution is 2.31. The van der Waals surface area contributed by atoms with E-state index in [1.807, 2.05) is 0 Å². The number of halogens is 1. The zero-order chi connectivity index (χ0) is 23.7. The summed E-state index contributed by atoms with van der Waals surface area (Å²) in [6.07, 6.45) is 0. The summed E-state index contributed by atoms with van der Waals surface area (Å²) in [5, 5.41) is 18.7. The Morgan fingerprint density at radius 3 is 2.64 bits per heavy atom. The maximum Gasteiger partial charge on any atom is 0.348 e. The van der Waals surface area contributed by atoms with Gasteiger partial charge in [0.1, 0.15) is 15.5 Å². The van der Waals surface area contributed by atoms with Gasteiger partial charge >= 0.3 is 5.97 Å². The van der Waals surface area contributed by atoms with Gasteiger partial charge in [0.2, 0.25) is 0 Å². The van der Waals surface area contributed by atoms with E-state index in [0.29, 0.717) is 21.8 Å². The lowest BCUT2D eigenvalue weighted by Crippen LogP contribution is -2.21. The number of hydrogen-bond donors (Lipinski definition) is 1. The molecular formula is C22H17FN4O5S. The molecule has 2 aromatic heterocycles. The number of esters is 1. The minimum Gasteiger partial charge on any atom is -0.451 e. The number of carbonyl (C=O) groups excluding carboxylic acids is 2. The topological polar surface area (TPSA) is 116 Å². The molecule has 2 heterocycles. The Bertz CT molecular complexity index is 1390. The lowest BCUT2D eigenvalue weighted by atomic mass is 10.1. The maximum atomic E-state index is 13.2. The molecule has 0 bridgehead atoms. The van der Waals surface area contributed by atoms with Crippen molar-refractivity contribution in [1.29, 1.82) is 0 Å². The smallest absolute Gasteiger partial charge is 0.348 e. The van der Waals surface area contributed by atoms with E-state index in [2.05, 4.69) is 10.4 Å². The number of thiophene rings is 1. The molecule has 4 rings (SSSR count). The summed E-state index contributed by atoms with van der Waals surface area (Å²) >= 11 is 1.14. The van der Waals surface area contributed by atoms with Crippen LogP contribution in [-0.4, -0.2) is 33.2 Å². The van der Waals surface area contributed by atoms with E-state index in [4.69, 9.17) is 4.74 Å². The number of nitro benzene ring substituents is 1. The Kier molecular flexibility index (Phi) is 5.88. The highest BCUT2D eigenvalue weighted by Gasteiger charge is 2.20. The van der Waals surface area contributed by atoms with Gasteiger partial charge < -0.3 is 10.1 Å². The molecule has 0 fully saturated rings. The number of nitro groups is 1. The second-order valence-corrected chi connectivity index (χ2v) is 8.16. The second-order valence-electron chi connectivity index (χ2n) is 7.13. The number of nitrogens with one attached hydrogen (secondary N) is 1. The van der Waals surface area contributed by atoms with Gasteiger partial charge in [-0.15, -0.1) is 11.3 Å². The van der Waals surface area contributed by atoms with Crippen molar-refractivity contribution < 1.29 is 23.6 Å². The summed E-state index contributed by atoms with van der Waals surface area (Å²) in [5.41, 5.74) is 1.77. The quantitative estimate of drug-likeness (QED) is 0.252. The minimum atomic E-state index is -0.688. The van der Waals surface area contributed by atoms with E-state index in [1.165, 1.54) is 37.3 Å². The highest BCUT2D eigenvalue weighted by molar-refractivity contribution is 7.20. The Balaban J connectivity index is 1.47. The van der Waals surface area contributed by atoms with Crippen LogP contribution in [0.3, 0.4) is 0 Å². The summed E-state index contributed by atoms with van der Waals surface area (Å²) < 4.78 is 20.0. The molecule has 2 aromatic carbocycles. The number of hydrogen-bond acceptors (Lipinski definition) is 7. The van der Waals surface area contributed by atoms with Crippen molar-refractivity contribution in [1.82, 2.24) is 9.78 Å². The van der Waals surface area contributed by atoms with Gasteiger partial charge in [0.25, 0.3) is 11.6 Å². The molecule has 11 heteroatoms. The third-order valence-electron chi connectivity index (χ3n) is 4.93. The number of rotatable bonds is 6. The lowest BCUT2D eigenvalue weighted by Gasteiger charge is -2.08. The van der Waals surface area contributed by atoms with Gasteiger partial charge in [-0.3, -0.25) is 14.9 Å². The third-order valence-corrected chi connectivity index (χ3v) is 6.02. The predicted molar refractivity (Wildman–Crippen MR) is 120 cm³/mol. The zero-order valence-electron chi connectivity index (χ0n) is 17.5. The maximum absolute atomic E-state index is 13.2. The first-order valence-corrected chi connectivity index (χ1v) is 10.5. The van der Waals surface area contributed by atoms with Crippen molar-refractivity contribution in [2.45, 2.75) is 13.8 Å². The lowest BCUT2D eigenvalue weighted by molar-refractivity contribution is -0.385. The Labute approximate surface area is 190 Å². The number of ether oxygens (including phenoxy) is 1. The molecule has 0 spiro atoms. The third kappa shape index (κ3) is 4.44. The second kappa shape index (κ2) is 8.79. The molecule has 0 aliphatic heterocycles. The number of aryl methyl sites for hydroxylation is 1. The molecule has 0 unspecified atom stereocenters. The average Bonchev–Trinajstić information content (AvgIpc) is 3.35. The normalized spacial score (nSPS) is 10.9. The average molecular weight is 468 g/mol. The van der Waals surface area contributed by atoms with Gasteiger partial charge in [-0.05, 0) is 50.2 Å². The summed E-state index contributed by atoms with van der Waals surface area (Å²) in [6, 6.07) is 11.8. The molecule has 1 N–H and O–H groups in total. The predicted octanol–water partition coefficient (Wildman–Crippen LogP) is 4.55. The van der Waals surface area contributed by atoms with Crippen LogP contribution in [0.15, 0.2) is 48.5 Å². The first kappa shape index (κ1) is 22.1. The van der Waals surface area contributed by atoms with Gasteiger partial charge in [-0.2, -0.15) is 5.10 Å². The van der Waals surface area contributed by atoms with Gasteiger partial charge in [0.15, 0.2) is 6.61 Å². The first-order valence-electron chi connectivity index (χ1n) is 9.70. The van der Waals surface area contributed by atoms with Crippen molar-refractivity contribution in [3.8, 4) is 5.69 Å². The highest BCUT2D eigenvalue weighted by atomic mass is 32.1. The number of fused-ring (bicyclic) bond motifs is 1. The molecule has 0 saturated heterocycles. The fourth-order valence-corrected chi connectivity index (χ4v) is 4.33. The summed E-state index contributed by atoms with van der Waals surface area (Å²) in [4.78, 5) is 36.2. The number of benzene rings is 2. The molecule has 1 amide bonds. The van der Waals surface area contributed by atoms with Gasteiger partial charge in [-0.25, -0.2) is 13.9 Å². The monoisotopic (exact) mass is 468 g/mol. The number of nitrogens with zero attached hydrogens (tertiary/aromatic N) is 3. The van der Waals surface area contributed by atoms with Crippen LogP contribution in [0.4, 0.5) is 15.8 Å². The number of amides is 1. The molecule has 0 atom stereocenters. The van der Waals surface area contributed by atoms with E-state index in [1.54, 1.807) is 29.8 Å². The summed E-state index contributed by atoms with van der Waals surface area (Å²) in [5.74, 6) is -1.68. The Morgan fingerprint density at radius 1 is 1.21 bits per heavy atom. The van der Waals surface area contributed by atoms with Crippen molar-refractivity contribution in [2.75, 3.05) is 11.9 Å². The van der Waals surface area contributed by atoms with Crippen molar-refractivity contribution in [3.63, 3.8) is 0 Å². The van der Waals surface area contributed by atoms with Crippen LogP contribution in [0.5, 0.6) is 0 Å². The molecule has 4 aromatic rings. The minimum absolute atomic E-state index is 0.124. The van der Waals surface area contributed by atoms with Gasteiger partial charge in [-0.1, -0.05) is 6.07 Å². The van der Waals surface area contributed by atoms with E-state index in [-0.39, 0.29) is 22.1 Å². The molecule has 0 aliphatic rings. The van der Waals surface area contributed by atoms with Crippen LogP contribution >= 0.6 is 11.3 Å². The summed E-state index contributed by atoms with van der Waals surface area (Å²) in [6.45, 7) is 2.75. The fourth-order valence-electron chi connectivity index (χ4n) is 3.25.